The average Bonchev–Trinajstić information content (AvgIpc) is 2.06. The summed E-state index contributed by atoms with van der Waals surface area (Å²) >= 11 is 0. The van der Waals surface area contributed by atoms with E-state index in [9.17, 15) is 4.39 Å². The van der Waals surface area contributed by atoms with Gasteiger partial charge < -0.3 is 5.73 Å². The summed E-state index contributed by atoms with van der Waals surface area (Å²) in [5.74, 6) is 0.627. The van der Waals surface area contributed by atoms with Crippen molar-refractivity contribution in [3.05, 3.63) is 0 Å². The fraction of sp³-hybridized carbons (Fsp3) is 1.00. The molecule has 0 aromatic heterocycles. The summed E-state index contributed by atoms with van der Waals surface area (Å²) in [6, 6.07) is 0. The van der Waals surface area contributed by atoms with Gasteiger partial charge in [-0.2, -0.15) is 0 Å². The van der Waals surface area contributed by atoms with Crippen molar-refractivity contribution in [3.63, 3.8) is 0 Å². The third-order valence-corrected chi connectivity index (χ3v) is 2.57. The molecule has 0 saturated heterocycles. The van der Waals surface area contributed by atoms with E-state index in [1.165, 1.54) is 32.1 Å². The molecule has 0 aromatic carbocycles. The first kappa shape index (κ1) is 8.98. The molecule has 66 valence electrons. The molecule has 2 N–H and O–H groups in total. The van der Waals surface area contributed by atoms with E-state index in [-0.39, 0.29) is 6.54 Å². The predicted molar refractivity (Wildman–Crippen MR) is 45.1 cm³/mol. The molecule has 0 radical (unpaired) electrons. The molecule has 11 heavy (non-hydrogen) atoms. The molecule has 1 saturated carbocycles. The number of hydrogen-bond acceptors (Lipinski definition) is 1. The van der Waals surface area contributed by atoms with Crippen molar-refractivity contribution in [2.45, 2.75) is 44.7 Å². The highest BCUT2D eigenvalue weighted by molar-refractivity contribution is 4.70. The third kappa shape index (κ3) is 3.19. The molecule has 1 aliphatic rings. The van der Waals surface area contributed by atoms with Gasteiger partial charge in [0.25, 0.3) is 0 Å². The Labute approximate surface area is 68.2 Å². The van der Waals surface area contributed by atoms with Gasteiger partial charge in [0.1, 0.15) is 6.17 Å². The number of hydrogen-bond donors (Lipinski definition) is 1. The number of rotatable bonds is 3. The van der Waals surface area contributed by atoms with Crippen LogP contribution in [0.1, 0.15) is 38.5 Å². The summed E-state index contributed by atoms with van der Waals surface area (Å²) in [4.78, 5) is 0. The Morgan fingerprint density at radius 2 is 1.91 bits per heavy atom. The van der Waals surface area contributed by atoms with Gasteiger partial charge in [0.05, 0.1) is 0 Å². The van der Waals surface area contributed by atoms with Crippen molar-refractivity contribution >= 4 is 0 Å². The summed E-state index contributed by atoms with van der Waals surface area (Å²) in [5.41, 5.74) is 5.21. The summed E-state index contributed by atoms with van der Waals surface area (Å²) in [6.07, 6.45) is 6.33. The monoisotopic (exact) mass is 159 g/mol. The molecule has 1 fully saturated rings. The van der Waals surface area contributed by atoms with Gasteiger partial charge in [-0.3, -0.25) is 0 Å². The molecule has 1 aliphatic carbocycles. The van der Waals surface area contributed by atoms with Gasteiger partial charge in [-0.05, 0) is 12.3 Å². The van der Waals surface area contributed by atoms with Crippen LogP contribution in [0.4, 0.5) is 4.39 Å². The second kappa shape index (κ2) is 4.70. The molecule has 0 heterocycles. The highest BCUT2D eigenvalue weighted by Gasteiger charge is 2.17. The van der Waals surface area contributed by atoms with Crippen molar-refractivity contribution in [3.8, 4) is 0 Å². The quantitative estimate of drug-likeness (QED) is 0.671. The molecule has 2 heteroatoms. The van der Waals surface area contributed by atoms with Crippen LogP contribution < -0.4 is 5.73 Å². The van der Waals surface area contributed by atoms with Gasteiger partial charge in [0.15, 0.2) is 0 Å². The van der Waals surface area contributed by atoms with Crippen LogP contribution in [0.5, 0.6) is 0 Å². The Balaban J connectivity index is 2.13. The minimum Gasteiger partial charge on any atom is -0.328 e. The Morgan fingerprint density at radius 3 is 2.45 bits per heavy atom. The lowest BCUT2D eigenvalue weighted by molar-refractivity contribution is 0.236. The fourth-order valence-electron chi connectivity index (χ4n) is 1.88. The topological polar surface area (TPSA) is 26.0 Å². The Hall–Kier alpha value is -0.110. The lowest BCUT2D eigenvalue weighted by Gasteiger charge is -2.22. The lowest BCUT2D eigenvalue weighted by Crippen LogP contribution is -2.20. The van der Waals surface area contributed by atoms with Crippen LogP contribution in [0, 0.1) is 5.92 Å². The van der Waals surface area contributed by atoms with Crippen LogP contribution in [0.2, 0.25) is 0 Å². The standard InChI is InChI=1S/C9H18FN/c10-9(7-11)6-8-4-2-1-3-5-8/h8-9H,1-7,11H2/t9-/m1/s1. The Kier molecular flexibility index (Phi) is 3.84. The van der Waals surface area contributed by atoms with Crippen molar-refractivity contribution < 1.29 is 4.39 Å². The van der Waals surface area contributed by atoms with Crippen molar-refractivity contribution in [1.29, 1.82) is 0 Å². The lowest BCUT2D eigenvalue weighted by atomic mass is 9.86. The second-order valence-electron chi connectivity index (χ2n) is 3.57. The zero-order valence-electron chi connectivity index (χ0n) is 7.06. The Bertz CT molecular complexity index is 99.7. The predicted octanol–water partition coefficient (Wildman–Crippen LogP) is 2.25. The number of alkyl halides is 1. The molecule has 1 atom stereocenters. The Morgan fingerprint density at radius 1 is 1.27 bits per heavy atom. The van der Waals surface area contributed by atoms with Crippen LogP contribution in [-0.4, -0.2) is 12.7 Å². The van der Waals surface area contributed by atoms with Gasteiger partial charge in [-0.25, -0.2) is 4.39 Å². The number of nitrogens with two attached hydrogens (primary N) is 1. The van der Waals surface area contributed by atoms with Gasteiger partial charge in [0.2, 0.25) is 0 Å². The SMILES string of the molecule is NC[C@H](F)CC1CCCCC1. The van der Waals surface area contributed by atoms with Crippen LogP contribution in [0.15, 0.2) is 0 Å². The molecular weight excluding hydrogens is 141 g/mol. The first-order chi connectivity index (χ1) is 5.33. The van der Waals surface area contributed by atoms with Gasteiger partial charge >= 0.3 is 0 Å². The van der Waals surface area contributed by atoms with E-state index >= 15 is 0 Å². The smallest absolute Gasteiger partial charge is 0.113 e. The average molecular weight is 159 g/mol. The van der Waals surface area contributed by atoms with Crippen LogP contribution >= 0.6 is 0 Å². The zero-order chi connectivity index (χ0) is 8.10. The highest BCUT2D eigenvalue weighted by atomic mass is 19.1. The van der Waals surface area contributed by atoms with E-state index in [1.807, 2.05) is 0 Å². The molecular formula is C9H18FN. The van der Waals surface area contributed by atoms with Crippen molar-refractivity contribution in [1.82, 2.24) is 0 Å². The van der Waals surface area contributed by atoms with E-state index in [2.05, 4.69) is 0 Å². The maximum atomic E-state index is 12.8. The van der Waals surface area contributed by atoms with Crippen LogP contribution in [-0.2, 0) is 0 Å². The van der Waals surface area contributed by atoms with Crippen molar-refractivity contribution in [2.24, 2.45) is 11.7 Å². The molecule has 0 spiro atoms. The summed E-state index contributed by atoms with van der Waals surface area (Å²) < 4.78 is 12.8. The second-order valence-corrected chi connectivity index (χ2v) is 3.57. The largest absolute Gasteiger partial charge is 0.328 e. The third-order valence-electron chi connectivity index (χ3n) is 2.57. The minimum atomic E-state index is -0.752. The first-order valence-electron chi connectivity index (χ1n) is 4.67. The first-order valence-corrected chi connectivity index (χ1v) is 4.67. The molecule has 0 aromatic rings. The summed E-state index contributed by atoms with van der Waals surface area (Å²) in [7, 11) is 0. The van der Waals surface area contributed by atoms with Crippen molar-refractivity contribution in [2.75, 3.05) is 6.54 Å². The molecule has 1 nitrogen and oxygen atoms in total. The van der Waals surface area contributed by atoms with Gasteiger partial charge in [-0.1, -0.05) is 32.1 Å². The van der Waals surface area contributed by atoms with Crippen LogP contribution in [0.3, 0.4) is 0 Å². The summed E-state index contributed by atoms with van der Waals surface area (Å²) in [5, 5.41) is 0. The van der Waals surface area contributed by atoms with E-state index in [1.54, 1.807) is 0 Å². The maximum Gasteiger partial charge on any atom is 0.113 e. The number of halogens is 1. The van der Waals surface area contributed by atoms with E-state index < -0.39 is 6.17 Å². The molecule has 0 unspecified atom stereocenters. The normalized spacial score (nSPS) is 23.5. The summed E-state index contributed by atoms with van der Waals surface area (Å²) in [6.45, 7) is 0.205. The van der Waals surface area contributed by atoms with Gasteiger partial charge in [-0.15, -0.1) is 0 Å². The van der Waals surface area contributed by atoms with E-state index in [0.717, 1.165) is 0 Å². The van der Waals surface area contributed by atoms with Crippen LogP contribution in [0.25, 0.3) is 0 Å². The molecule has 0 bridgehead atoms. The molecule has 1 rings (SSSR count). The molecule has 0 amide bonds. The molecule has 0 aliphatic heterocycles. The van der Waals surface area contributed by atoms with E-state index in [0.29, 0.717) is 12.3 Å². The fourth-order valence-corrected chi connectivity index (χ4v) is 1.88. The zero-order valence-corrected chi connectivity index (χ0v) is 7.06. The maximum absolute atomic E-state index is 12.8. The minimum absolute atomic E-state index is 0.205. The highest BCUT2D eigenvalue weighted by Crippen LogP contribution is 2.27. The van der Waals surface area contributed by atoms with Gasteiger partial charge in [0, 0.05) is 6.54 Å². The van der Waals surface area contributed by atoms with E-state index in [4.69, 9.17) is 5.73 Å².